The first-order valence-corrected chi connectivity index (χ1v) is 7.18. The molecule has 19 heavy (non-hydrogen) atoms. The molecule has 0 aliphatic heterocycles. The Balaban J connectivity index is 1.96. The number of fused-ring (bicyclic) bond motifs is 1. The Bertz CT molecular complexity index is 566. The van der Waals surface area contributed by atoms with Crippen molar-refractivity contribution in [2.75, 3.05) is 19.6 Å². The fraction of sp³-hybridized carbons (Fsp3) is 0.357. The van der Waals surface area contributed by atoms with Gasteiger partial charge in [0, 0.05) is 18.5 Å². The number of nitrogens with one attached hydrogen (secondary N) is 2. The van der Waals surface area contributed by atoms with Gasteiger partial charge in [0.25, 0.3) is 5.91 Å². The van der Waals surface area contributed by atoms with Crippen molar-refractivity contribution in [3.63, 3.8) is 0 Å². The molecular weight excluding hydrogens is 308 g/mol. The van der Waals surface area contributed by atoms with E-state index in [4.69, 9.17) is 4.42 Å². The third-order valence-electron chi connectivity index (χ3n) is 2.73. The highest BCUT2D eigenvalue weighted by Crippen LogP contribution is 2.26. The normalized spacial score (nSPS) is 10.8. The van der Waals surface area contributed by atoms with Crippen molar-refractivity contribution in [2.45, 2.75) is 13.3 Å². The van der Waals surface area contributed by atoms with E-state index in [1.54, 1.807) is 6.07 Å². The predicted octanol–water partition coefficient (Wildman–Crippen LogP) is 2.92. The Morgan fingerprint density at radius 3 is 2.89 bits per heavy atom. The molecule has 0 bridgehead atoms. The summed E-state index contributed by atoms with van der Waals surface area (Å²) in [6.07, 6.45) is 1.09. The minimum Gasteiger partial charge on any atom is -0.450 e. The minimum absolute atomic E-state index is 0.179. The largest absolute Gasteiger partial charge is 0.450 e. The molecule has 0 saturated carbocycles. The molecule has 1 aromatic carbocycles. The summed E-state index contributed by atoms with van der Waals surface area (Å²) >= 11 is 3.40. The molecule has 2 rings (SSSR count). The average molecular weight is 325 g/mol. The number of rotatable bonds is 6. The van der Waals surface area contributed by atoms with Gasteiger partial charge in [-0.1, -0.05) is 19.1 Å². The van der Waals surface area contributed by atoms with Crippen molar-refractivity contribution in [3.05, 3.63) is 34.5 Å². The number of para-hydroxylation sites is 1. The molecule has 0 aliphatic carbocycles. The fourth-order valence-electron chi connectivity index (χ4n) is 1.79. The summed E-state index contributed by atoms with van der Waals surface area (Å²) in [5, 5.41) is 6.97. The minimum atomic E-state index is -0.179. The smallest absolute Gasteiger partial charge is 0.287 e. The molecular formula is C14H17BrN2O2. The van der Waals surface area contributed by atoms with Gasteiger partial charge in [0.05, 0.1) is 4.47 Å². The van der Waals surface area contributed by atoms with Crippen molar-refractivity contribution in [1.82, 2.24) is 10.6 Å². The Kier molecular flexibility index (Phi) is 4.99. The van der Waals surface area contributed by atoms with Gasteiger partial charge in [-0.05, 0) is 41.0 Å². The molecule has 0 spiro atoms. The number of furan rings is 1. The van der Waals surface area contributed by atoms with Gasteiger partial charge in [-0.3, -0.25) is 4.79 Å². The third-order valence-corrected chi connectivity index (χ3v) is 3.36. The average Bonchev–Trinajstić information content (AvgIpc) is 2.84. The van der Waals surface area contributed by atoms with Crippen LogP contribution in [0.5, 0.6) is 0 Å². The Hall–Kier alpha value is -1.33. The zero-order valence-corrected chi connectivity index (χ0v) is 12.4. The molecule has 0 radical (unpaired) electrons. The van der Waals surface area contributed by atoms with Gasteiger partial charge in [-0.15, -0.1) is 0 Å². The molecule has 1 heterocycles. The van der Waals surface area contributed by atoms with Crippen LogP contribution in [0.4, 0.5) is 0 Å². The monoisotopic (exact) mass is 324 g/mol. The molecule has 2 aromatic rings. The van der Waals surface area contributed by atoms with E-state index >= 15 is 0 Å². The van der Waals surface area contributed by atoms with Crippen molar-refractivity contribution in [1.29, 1.82) is 0 Å². The van der Waals surface area contributed by atoms with Gasteiger partial charge in [-0.25, -0.2) is 0 Å². The van der Waals surface area contributed by atoms with Crippen LogP contribution >= 0.6 is 15.9 Å². The summed E-state index contributed by atoms with van der Waals surface area (Å²) in [5.41, 5.74) is 0.705. The molecule has 0 aliphatic rings. The lowest BCUT2D eigenvalue weighted by Crippen LogP contribution is -2.31. The lowest BCUT2D eigenvalue weighted by Gasteiger charge is -2.03. The van der Waals surface area contributed by atoms with Crippen LogP contribution in [-0.4, -0.2) is 25.5 Å². The number of carbonyl (C=O) groups excluding carboxylic acids is 1. The van der Waals surface area contributed by atoms with E-state index in [2.05, 4.69) is 33.5 Å². The highest BCUT2D eigenvalue weighted by Gasteiger charge is 2.12. The van der Waals surface area contributed by atoms with Gasteiger partial charge < -0.3 is 15.1 Å². The lowest BCUT2D eigenvalue weighted by molar-refractivity contribution is 0.0928. The van der Waals surface area contributed by atoms with Crippen molar-refractivity contribution in [2.24, 2.45) is 0 Å². The maximum Gasteiger partial charge on any atom is 0.287 e. The molecule has 2 N–H and O–H groups in total. The second-order valence-corrected chi connectivity index (χ2v) is 5.13. The topological polar surface area (TPSA) is 54.3 Å². The summed E-state index contributed by atoms with van der Waals surface area (Å²) in [6, 6.07) is 7.48. The Morgan fingerprint density at radius 1 is 1.32 bits per heavy atom. The van der Waals surface area contributed by atoms with Crippen LogP contribution in [0.15, 0.2) is 33.2 Å². The van der Waals surface area contributed by atoms with Crippen LogP contribution in [0.2, 0.25) is 0 Å². The highest BCUT2D eigenvalue weighted by molar-refractivity contribution is 9.10. The molecule has 5 heteroatoms. The molecule has 1 aromatic heterocycles. The number of hydrogen-bond donors (Lipinski definition) is 2. The van der Waals surface area contributed by atoms with E-state index in [0.717, 1.165) is 29.4 Å². The second-order valence-electron chi connectivity index (χ2n) is 4.27. The van der Waals surface area contributed by atoms with Gasteiger partial charge in [0.15, 0.2) is 5.76 Å². The Morgan fingerprint density at radius 2 is 2.16 bits per heavy atom. The fourth-order valence-corrected chi connectivity index (χ4v) is 2.26. The molecule has 4 nitrogen and oxygen atoms in total. The number of carbonyl (C=O) groups is 1. The zero-order valence-electron chi connectivity index (χ0n) is 10.8. The maximum atomic E-state index is 11.9. The predicted molar refractivity (Wildman–Crippen MR) is 79.4 cm³/mol. The maximum absolute atomic E-state index is 11.9. The number of hydrogen-bond acceptors (Lipinski definition) is 3. The SMILES string of the molecule is CCCNCCNC(=O)c1cc2cccc(Br)c2o1. The van der Waals surface area contributed by atoms with Crippen molar-refractivity contribution >= 4 is 32.8 Å². The molecule has 0 unspecified atom stereocenters. The lowest BCUT2D eigenvalue weighted by atomic mass is 10.2. The summed E-state index contributed by atoms with van der Waals surface area (Å²) < 4.78 is 6.41. The summed E-state index contributed by atoms with van der Waals surface area (Å²) in [5.74, 6) is 0.166. The van der Waals surface area contributed by atoms with E-state index in [9.17, 15) is 4.79 Å². The summed E-state index contributed by atoms with van der Waals surface area (Å²) in [6.45, 7) is 4.44. The molecule has 0 atom stereocenters. The van der Waals surface area contributed by atoms with E-state index in [0.29, 0.717) is 17.9 Å². The third kappa shape index (κ3) is 3.58. The van der Waals surface area contributed by atoms with Gasteiger partial charge >= 0.3 is 0 Å². The number of halogens is 1. The first-order chi connectivity index (χ1) is 9.22. The molecule has 0 fully saturated rings. The van der Waals surface area contributed by atoms with Crippen LogP contribution in [0.25, 0.3) is 11.0 Å². The van der Waals surface area contributed by atoms with Crippen LogP contribution in [-0.2, 0) is 0 Å². The molecule has 0 saturated heterocycles. The Labute approximate surface area is 120 Å². The van der Waals surface area contributed by atoms with Crippen LogP contribution in [0, 0.1) is 0 Å². The highest BCUT2D eigenvalue weighted by atomic mass is 79.9. The van der Waals surface area contributed by atoms with Gasteiger partial charge in [0.2, 0.25) is 0 Å². The first-order valence-electron chi connectivity index (χ1n) is 6.39. The quantitative estimate of drug-likeness (QED) is 0.803. The first kappa shape index (κ1) is 14.1. The van der Waals surface area contributed by atoms with Crippen LogP contribution in [0.3, 0.4) is 0 Å². The van der Waals surface area contributed by atoms with Gasteiger partial charge in [-0.2, -0.15) is 0 Å². The standard InChI is InChI=1S/C14H17BrN2O2/c1-2-6-16-7-8-17-14(18)12-9-10-4-3-5-11(15)13(10)19-12/h3-5,9,16H,2,6-8H2,1H3,(H,17,18). The van der Waals surface area contributed by atoms with E-state index in [1.807, 2.05) is 18.2 Å². The molecule has 1 amide bonds. The van der Waals surface area contributed by atoms with E-state index in [-0.39, 0.29) is 5.91 Å². The van der Waals surface area contributed by atoms with Crippen molar-refractivity contribution in [3.8, 4) is 0 Å². The van der Waals surface area contributed by atoms with Crippen LogP contribution in [0.1, 0.15) is 23.9 Å². The van der Waals surface area contributed by atoms with Crippen LogP contribution < -0.4 is 10.6 Å². The van der Waals surface area contributed by atoms with E-state index in [1.165, 1.54) is 0 Å². The molecule has 102 valence electrons. The van der Waals surface area contributed by atoms with Crippen molar-refractivity contribution < 1.29 is 9.21 Å². The number of amides is 1. The summed E-state index contributed by atoms with van der Waals surface area (Å²) in [7, 11) is 0. The second kappa shape index (κ2) is 6.73. The summed E-state index contributed by atoms with van der Waals surface area (Å²) in [4.78, 5) is 11.9. The number of benzene rings is 1. The zero-order chi connectivity index (χ0) is 13.7. The van der Waals surface area contributed by atoms with E-state index < -0.39 is 0 Å². The van der Waals surface area contributed by atoms with Gasteiger partial charge in [0.1, 0.15) is 5.58 Å².